The molecular weight excluding hydrogens is 358 g/mol. The minimum absolute atomic E-state index is 0.0594. The Kier molecular flexibility index (Phi) is 7.38. The van der Waals surface area contributed by atoms with Crippen LogP contribution in [-0.2, 0) is 20.7 Å². The van der Waals surface area contributed by atoms with Crippen molar-refractivity contribution in [3.05, 3.63) is 32.7 Å². The average molecular weight is 387 g/mol. The third kappa shape index (κ3) is 5.22. The number of pyridine rings is 1. The first-order valence-electron chi connectivity index (χ1n) is 9.82. The molecule has 0 bridgehead atoms. The van der Waals surface area contributed by atoms with E-state index >= 15 is 0 Å². The Hall–Kier alpha value is -2.62. The molecular formula is C21H29N3O4. The molecule has 0 spiro atoms. The van der Waals surface area contributed by atoms with Gasteiger partial charge >= 0.3 is 5.97 Å². The number of H-pyrrole nitrogens is 1. The number of aromatic amines is 1. The van der Waals surface area contributed by atoms with Crippen LogP contribution in [-0.4, -0.2) is 29.5 Å². The fourth-order valence-electron chi connectivity index (χ4n) is 3.90. The zero-order chi connectivity index (χ0) is 20.8. The number of ether oxygens (including phenoxy) is 1. The number of amides is 1. The first kappa shape index (κ1) is 21.7. The molecule has 0 aromatic carbocycles. The van der Waals surface area contributed by atoms with Crippen LogP contribution in [0.3, 0.4) is 0 Å². The van der Waals surface area contributed by atoms with Crippen LogP contribution < -0.4 is 10.9 Å². The Labute approximate surface area is 165 Å². The van der Waals surface area contributed by atoms with Gasteiger partial charge in [0.1, 0.15) is 11.6 Å². The Bertz CT molecular complexity index is 837. The molecule has 1 saturated carbocycles. The van der Waals surface area contributed by atoms with Crippen LogP contribution in [0.4, 0.5) is 0 Å². The van der Waals surface area contributed by atoms with E-state index in [0.29, 0.717) is 29.5 Å². The molecule has 0 aliphatic heterocycles. The van der Waals surface area contributed by atoms with Crippen molar-refractivity contribution in [2.45, 2.75) is 65.8 Å². The fraction of sp³-hybridized carbons (Fsp3) is 0.619. The Balaban J connectivity index is 1.84. The van der Waals surface area contributed by atoms with Gasteiger partial charge in [0.15, 0.2) is 6.61 Å². The van der Waals surface area contributed by atoms with Gasteiger partial charge in [0, 0.05) is 18.2 Å². The van der Waals surface area contributed by atoms with Crippen molar-refractivity contribution in [2.75, 3.05) is 6.61 Å². The second-order valence-electron chi connectivity index (χ2n) is 7.77. The maximum Gasteiger partial charge on any atom is 0.306 e. The van der Waals surface area contributed by atoms with Crippen molar-refractivity contribution in [3.8, 4) is 6.07 Å². The molecule has 1 heterocycles. The van der Waals surface area contributed by atoms with Crippen molar-refractivity contribution >= 4 is 11.9 Å². The van der Waals surface area contributed by atoms with Crippen LogP contribution in [0.25, 0.3) is 0 Å². The average Bonchev–Trinajstić information content (AvgIpc) is 2.63. The summed E-state index contributed by atoms with van der Waals surface area (Å²) in [5.74, 6) is 0.226. The molecule has 1 aliphatic rings. The predicted octanol–water partition coefficient (Wildman–Crippen LogP) is 2.28. The smallest absolute Gasteiger partial charge is 0.306 e. The molecule has 1 fully saturated rings. The minimum atomic E-state index is -0.483. The first-order chi connectivity index (χ1) is 13.2. The van der Waals surface area contributed by atoms with E-state index in [1.165, 1.54) is 6.42 Å². The summed E-state index contributed by atoms with van der Waals surface area (Å²) in [4.78, 5) is 38.5. The molecule has 0 radical (unpaired) electrons. The molecule has 152 valence electrons. The van der Waals surface area contributed by atoms with Gasteiger partial charge in [-0.2, -0.15) is 5.26 Å². The third-order valence-electron chi connectivity index (χ3n) is 5.92. The summed E-state index contributed by atoms with van der Waals surface area (Å²) in [5.41, 5.74) is 1.60. The van der Waals surface area contributed by atoms with Gasteiger partial charge in [-0.05, 0) is 49.7 Å². The van der Waals surface area contributed by atoms with Crippen LogP contribution in [0, 0.1) is 37.0 Å². The van der Waals surface area contributed by atoms with Gasteiger partial charge in [0.25, 0.3) is 11.5 Å². The van der Waals surface area contributed by atoms with Crippen molar-refractivity contribution in [2.24, 2.45) is 11.8 Å². The number of hydrogen-bond donors (Lipinski definition) is 2. The zero-order valence-corrected chi connectivity index (χ0v) is 17.1. The zero-order valence-electron chi connectivity index (χ0n) is 17.1. The topological polar surface area (TPSA) is 112 Å². The lowest BCUT2D eigenvalue weighted by Gasteiger charge is -2.34. The maximum atomic E-state index is 12.1. The summed E-state index contributed by atoms with van der Waals surface area (Å²) < 4.78 is 5.10. The number of aryl methyl sites for hydroxylation is 1. The van der Waals surface area contributed by atoms with Crippen LogP contribution in [0.2, 0.25) is 0 Å². The van der Waals surface area contributed by atoms with Gasteiger partial charge in [-0.25, -0.2) is 0 Å². The van der Waals surface area contributed by atoms with Crippen molar-refractivity contribution in [1.29, 1.82) is 5.26 Å². The van der Waals surface area contributed by atoms with E-state index < -0.39 is 11.5 Å². The predicted molar refractivity (Wildman–Crippen MR) is 105 cm³/mol. The summed E-state index contributed by atoms with van der Waals surface area (Å²) in [6.07, 6.45) is 3.64. The van der Waals surface area contributed by atoms with Crippen LogP contribution in [0.15, 0.2) is 4.79 Å². The highest BCUT2D eigenvalue weighted by molar-refractivity contribution is 5.80. The van der Waals surface area contributed by atoms with E-state index in [1.807, 2.05) is 6.07 Å². The number of carbonyl (C=O) groups is 2. The minimum Gasteiger partial charge on any atom is -0.456 e. The lowest BCUT2D eigenvalue weighted by molar-refractivity contribution is -0.148. The van der Waals surface area contributed by atoms with Crippen molar-refractivity contribution in [1.82, 2.24) is 10.3 Å². The summed E-state index contributed by atoms with van der Waals surface area (Å²) in [5, 5.41) is 12.1. The Morgan fingerprint density at radius 3 is 2.68 bits per heavy atom. The number of nitrogens with zero attached hydrogens (tertiary/aromatic N) is 1. The molecule has 3 atom stereocenters. The Morgan fingerprint density at radius 1 is 1.29 bits per heavy atom. The highest BCUT2D eigenvalue weighted by atomic mass is 16.5. The quantitative estimate of drug-likeness (QED) is 0.727. The molecule has 7 nitrogen and oxygen atoms in total. The van der Waals surface area contributed by atoms with E-state index in [9.17, 15) is 14.4 Å². The van der Waals surface area contributed by atoms with Crippen LogP contribution >= 0.6 is 0 Å². The van der Waals surface area contributed by atoms with Gasteiger partial charge in [-0.15, -0.1) is 0 Å². The molecule has 7 heteroatoms. The molecule has 0 unspecified atom stereocenters. The van der Waals surface area contributed by atoms with Crippen molar-refractivity contribution < 1.29 is 14.3 Å². The van der Waals surface area contributed by atoms with Crippen molar-refractivity contribution in [3.63, 3.8) is 0 Å². The maximum absolute atomic E-state index is 12.1. The molecule has 1 aromatic rings. The fourth-order valence-corrected chi connectivity index (χ4v) is 3.90. The highest BCUT2D eigenvalue weighted by Crippen LogP contribution is 2.29. The van der Waals surface area contributed by atoms with E-state index in [4.69, 9.17) is 10.00 Å². The largest absolute Gasteiger partial charge is 0.456 e. The molecule has 1 amide bonds. The summed E-state index contributed by atoms with van der Waals surface area (Å²) in [6, 6.07) is 2.02. The summed E-state index contributed by atoms with van der Waals surface area (Å²) in [6.45, 7) is 7.48. The Morgan fingerprint density at radius 2 is 2.00 bits per heavy atom. The van der Waals surface area contributed by atoms with Gasteiger partial charge in [0.05, 0.1) is 0 Å². The second kappa shape index (κ2) is 9.54. The third-order valence-corrected chi connectivity index (χ3v) is 5.92. The van der Waals surface area contributed by atoms with Crippen LogP contribution in [0.1, 0.15) is 61.9 Å². The normalized spacial score (nSPS) is 21.6. The van der Waals surface area contributed by atoms with E-state index in [-0.39, 0.29) is 30.5 Å². The highest BCUT2D eigenvalue weighted by Gasteiger charge is 2.28. The van der Waals surface area contributed by atoms with Gasteiger partial charge in [-0.3, -0.25) is 14.4 Å². The summed E-state index contributed by atoms with van der Waals surface area (Å²) >= 11 is 0. The number of nitrogens with one attached hydrogen (secondary N) is 2. The molecule has 1 aromatic heterocycles. The number of hydrogen-bond acceptors (Lipinski definition) is 5. The number of esters is 1. The lowest BCUT2D eigenvalue weighted by Crippen LogP contribution is -2.45. The number of carbonyl (C=O) groups excluding carboxylic acids is 2. The monoisotopic (exact) mass is 387 g/mol. The van der Waals surface area contributed by atoms with Gasteiger partial charge < -0.3 is 15.0 Å². The standard InChI is InChI=1S/C21H29N3O4/c1-12-6-5-7-18(13(12)2)24-19(25)11-28-20(26)9-8-16-14(3)17(10-22)21(27)23-15(16)4/h12-13,18H,5-9,11H2,1-4H3,(H,23,27)(H,24,25)/t12-,13-,18+/m0/s1. The van der Waals surface area contributed by atoms with Gasteiger partial charge in [-0.1, -0.05) is 26.7 Å². The van der Waals surface area contributed by atoms with Crippen LogP contribution in [0.5, 0.6) is 0 Å². The molecule has 28 heavy (non-hydrogen) atoms. The summed E-state index contributed by atoms with van der Waals surface area (Å²) in [7, 11) is 0. The van der Waals surface area contributed by atoms with E-state index in [1.54, 1.807) is 13.8 Å². The second-order valence-corrected chi connectivity index (χ2v) is 7.77. The number of rotatable bonds is 6. The SMILES string of the molecule is Cc1[nH]c(=O)c(C#N)c(C)c1CCC(=O)OCC(=O)N[C@@H]1CCC[C@H](C)[C@@H]1C. The molecule has 0 saturated heterocycles. The molecule has 2 N–H and O–H groups in total. The lowest BCUT2D eigenvalue weighted by atomic mass is 9.78. The molecule has 2 rings (SSSR count). The van der Waals surface area contributed by atoms with E-state index in [2.05, 4.69) is 24.1 Å². The van der Waals surface area contributed by atoms with E-state index in [0.717, 1.165) is 18.4 Å². The number of aromatic nitrogens is 1. The number of nitriles is 1. The van der Waals surface area contributed by atoms with Gasteiger partial charge in [0.2, 0.25) is 0 Å². The molecule has 1 aliphatic carbocycles. The first-order valence-corrected chi connectivity index (χ1v) is 9.82.